The molecule has 1 aliphatic heterocycles. The summed E-state index contributed by atoms with van der Waals surface area (Å²) in [6.45, 7) is 2.02. The highest BCUT2D eigenvalue weighted by Crippen LogP contribution is 2.36. The first-order chi connectivity index (χ1) is 13.7. The van der Waals surface area contributed by atoms with Crippen molar-refractivity contribution in [3.63, 3.8) is 0 Å². The van der Waals surface area contributed by atoms with Crippen LogP contribution in [0.3, 0.4) is 0 Å². The molecule has 1 unspecified atom stereocenters. The average Bonchev–Trinajstić information content (AvgIpc) is 2.96. The second-order valence-electron chi connectivity index (χ2n) is 7.51. The molecule has 1 saturated heterocycles. The van der Waals surface area contributed by atoms with Crippen molar-refractivity contribution in [1.82, 2.24) is 19.4 Å². The Labute approximate surface area is 166 Å². The zero-order valence-corrected chi connectivity index (χ0v) is 16.2. The predicted octanol–water partition coefficient (Wildman–Crippen LogP) is 3.87. The van der Waals surface area contributed by atoms with E-state index in [0.29, 0.717) is 29.4 Å². The van der Waals surface area contributed by atoms with Gasteiger partial charge in [-0.05, 0) is 56.8 Å². The number of phenolic OH excluding ortho intramolecular Hbond substituents is 1. The molecule has 2 N–H and O–H groups in total. The van der Waals surface area contributed by atoms with Gasteiger partial charge in [0.25, 0.3) is 0 Å². The number of anilines is 1. The highest BCUT2D eigenvalue weighted by Gasteiger charge is 2.31. The quantitative estimate of drug-likeness (QED) is 0.693. The number of piperidine rings is 1. The number of nitrogens with zero attached hydrogens (tertiary/aromatic N) is 4. The van der Waals surface area contributed by atoms with Gasteiger partial charge in [-0.25, -0.2) is 4.98 Å². The van der Waals surface area contributed by atoms with E-state index in [1.165, 1.54) is 6.07 Å². The minimum Gasteiger partial charge on any atom is -0.507 e. The van der Waals surface area contributed by atoms with E-state index < -0.39 is 17.5 Å². The number of nitrogens with one attached hydrogen (secondary N) is 1. The van der Waals surface area contributed by atoms with E-state index in [4.69, 9.17) is 0 Å². The summed E-state index contributed by atoms with van der Waals surface area (Å²) in [6, 6.07) is 6.65. The SMILES string of the molecule is CN1CCCC(Nc2nc3nc(-c4ccc(C(F)(F)F)cc4O)ccc3n2C)C1. The summed E-state index contributed by atoms with van der Waals surface area (Å²) in [6.07, 6.45) is -2.33. The third-order valence-corrected chi connectivity index (χ3v) is 5.30. The van der Waals surface area contributed by atoms with Crippen LogP contribution < -0.4 is 5.32 Å². The van der Waals surface area contributed by atoms with Gasteiger partial charge in [0.05, 0.1) is 16.8 Å². The van der Waals surface area contributed by atoms with Gasteiger partial charge in [0.2, 0.25) is 5.95 Å². The molecular formula is C20H22F3N5O. The fourth-order valence-corrected chi connectivity index (χ4v) is 3.74. The number of likely N-dealkylation sites (N-methyl/N-ethyl adjacent to an activating group) is 1. The predicted molar refractivity (Wildman–Crippen MR) is 105 cm³/mol. The molecule has 29 heavy (non-hydrogen) atoms. The van der Waals surface area contributed by atoms with Crippen molar-refractivity contribution in [3.8, 4) is 17.0 Å². The fourth-order valence-electron chi connectivity index (χ4n) is 3.74. The van der Waals surface area contributed by atoms with E-state index >= 15 is 0 Å². The Morgan fingerprint density at radius 2 is 1.93 bits per heavy atom. The first-order valence-electron chi connectivity index (χ1n) is 9.41. The highest BCUT2D eigenvalue weighted by atomic mass is 19.4. The molecule has 6 nitrogen and oxygen atoms in total. The number of pyridine rings is 1. The van der Waals surface area contributed by atoms with Gasteiger partial charge >= 0.3 is 6.18 Å². The van der Waals surface area contributed by atoms with Crippen LogP contribution >= 0.6 is 0 Å². The maximum atomic E-state index is 12.8. The number of aromatic hydroxyl groups is 1. The number of imidazole rings is 1. The number of rotatable bonds is 3. The van der Waals surface area contributed by atoms with Gasteiger partial charge in [-0.15, -0.1) is 0 Å². The Morgan fingerprint density at radius 1 is 1.14 bits per heavy atom. The van der Waals surface area contributed by atoms with Crippen molar-refractivity contribution in [2.45, 2.75) is 25.1 Å². The van der Waals surface area contributed by atoms with Gasteiger partial charge in [0.15, 0.2) is 5.65 Å². The molecule has 0 spiro atoms. The number of halogens is 3. The number of phenols is 1. The summed E-state index contributed by atoms with van der Waals surface area (Å²) >= 11 is 0. The van der Waals surface area contributed by atoms with Crippen LogP contribution in [-0.2, 0) is 13.2 Å². The van der Waals surface area contributed by atoms with Crippen LogP contribution in [0.25, 0.3) is 22.4 Å². The number of hydrogen-bond acceptors (Lipinski definition) is 5. The Morgan fingerprint density at radius 3 is 2.62 bits per heavy atom. The van der Waals surface area contributed by atoms with Gasteiger partial charge in [-0.2, -0.15) is 18.2 Å². The van der Waals surface area contributed by atoms with Gasteiger partial charge in [-0.1, -0.05) is 0 Å². The fraction of sp³-hybridized carbons (Fsp3) is 0.400. The van der Waals surface area contributed by atoms with Crippen LogP contribution in [0.2, 0.25) is 0 Å². The van der Waals surface area contributed by atoms with Crippen molar-refractivity contribution >= 4 is 17.1 Å². The van der Waals surface area contributed by atoms with E-state index in [0.717, 1.165) is 37.5 Å². The summed E-state index contributed by atoms with van der Waals surface area (Å²) in [5, 5.41) is 13.6. The monoisotopic (exact) mass is 405 g/mol. The maximum Gasteiger partial charge on any atom is 0.416 e. The molecule has 9 heteroatoms. The molecule has 4 rings (SSSR count). The van der Waals surface area contributed by atoms with Crippen LogP contribution in [0.5, 0.6) is 5.75 Å². The van der Waals surface area contributed by atoms with E-state index in [9.17, 15) is 18.3 Å². The van der Waals surface area contributed by atoms with Crippen molar-refractivity contribution in [3.05, 3.63) is 35.9 Å². The maximum absolute atomic E-state index is 12.8. The van der Waals surface area contributed by atoms with E-state index in [1.807, 2.05) is 11.6 Å². The van der Waals surface area contributed by atoms with E-state index in [1.54, 1.807) is 12.1 Å². The van der Waals surface area contributed by atoms with Crippen LogP contribution in [0.1, 0.15) is 18.4 Å². The largest absolute Gasteiger partial charge is 0.507 e. The first kappa shape index (κ1) is 19.5. The van der Waals surface area contributed by atoms with Crippen LogP contribution in [0, 0.1) is 0 Å². The number of fused-ring (bicyclic) bond motifs is 1. The minimum absolute atomic E-state index is 0.231. The molecule has 1 aliphatic rings. The van der Waals surface area contributed by atoms with Crippen LogP contribution in [0.15, 0.2) is 30.3 Å². The molecule has 1 fully saturated rings. The topological polar surface area (TPSA) is 66.2 Å². The second kappa shape index (κ2) is 7.22. The summed E-state index contributed by atoms with van der Waals surface area (Å²) in [5.41, 5.74) is 0.962. The lowest BCUT2D eigenvalue weighted by Gasteiger charge is -2.30. The van der Waals surface area contributed by atoms with Gasteiger partial charge in [0, 0.05) is 25.2 Å². The Balaban J connectivity index is 1.65. The van der Waals surface area contributed by atoms with Crippen LogP contribution in [-0.4, -0.2) is 50.7 Å². The summed E-state index contributed by atoms with van der Waals surface area (Å²) in [4.78, 5) is 11.3. The number of alkyl halides is 3. The summed E-state index contributed by atoms with van der Waals surface area (Å²) in [7, 11) is 3.98. The Hall–Kier alpha value is -2.81. The van der Waals surface area contributed by atoms with Gasteiger partial charge in [0.1, 0.15) is 5.75 Å². The zero-order valence-electron chi connectivity index (χ0n) is 16.2. The summed E-state index contributed by atoms with van der Waals surface area (Å²) in [5.74, 6) is 0.229. The molecule has 0 saturated carbocycles. The lowest BCUT2D eigenvalue weighted by Crippen LogP contribution is -2.40. The zero-order chi connectivity index (χ0) is 20.8. The smallest absolute Gasteiger partial charge is 0.416 e. The number of aryl methyl sites for hydroxylation is 1. The van der Waals surface area contributed by atoms with Crippen molar-refractivity contribution in [2.75, 3.05) is 25.5 Å². The van der Waals surface area contributed by atoms with E-state index in [2.05, 4.69) is 27.2 Å². The lowest BCUT2D eigenvalue weighted by molar-refractivity contribution is -0.137. The molecule has 3 aromatic rings. The third kappa shape index (κ3) is 3.87. The van der Waals surface area contributed by atoms with E-state index in [-0.39, 0.29) is 5.56 Å². The van der Waals surface area contributed by atoms with Gasteiger partial charge in [-0.3, -0.25) is 0 Å². The minimum atomic E-state index is -4.51. The normalized spacial score (nSPS) is 18.3. The molecule has 2 aromatic heterocycles. The molecule has 0 radical (unpaired) electrons. The second-order valence-corrected chi connectivity index (χ2v) is 7.51. The molecule has 3 heterocycles. The molecular weight excluding hydrogens is 383 g/mol. The number of hydrogen-bond donors (Lipinski definition) is 2. The molecule has 1 aromatic carbocycles. The number of aromatic nitrogens is 3. The number of benzene rings is 1. The molecule has 1 atom stereocenters. The lowest BCUT2D eigenvalue weighted by atomic mass is 10.1. The Bertz CT molecular complexity index is 1050. The van der Waals surface area contributed by atoms with Gasteiger partial charge < -0.3 is 19.9 Å². The van der Waals surface area contributed by atoms with Crippen LogP contribution in [0.4, 0.5) is 19.1 Å². The third-order valence-electron chi connectivity index (χ3n) is 5.30. The molecule has 0 aliphatic carbocycles. The summed E-state index contributed by atoms with van der Waals surface area (Å²) < 4.78 is 40.4. The van der Waals surface area contributed by atoms with Crippen molar-refractivity contribution in [1.29, 1.82) is 0 Å². The number of likely N-dealkylation sites (tertiary alicyclic amines) is 1. The molecule has 0 amide bonds. The van der Waals surface area contributed by atoms with Crippen molar-refractivity contribution in [2.24, 2.45) is 7.05 Å². The molecule has 154 valence electrons. The van der Waals surface area contributed by atoms with Crippen molar-refractivity contribution < 1.29 is 18.3 Å². The standard InChI is InChI=1S/C20H22F3N5O/c1-27-9-3-4-13(11-27)24-19-26-18-16(28(19)2)8-7-15(25-18)14-6-5-12(10-17(14)29)20(21,22)23/h5-8,10,13,29H,3-4,9,11H2,1-2H3,(H,24,25,26). The molecule has 0 bridgehead atoms. The average molecular weight is 405 g/mol. The Kier molecular flexibility index (Phi) is 4.85. The highest BCUT2D eigenvalue weighted by molar-refractivity contribution is 5.79. The first-order valence-corrected chi connectivity index (χ1v) is 9.41.